The van der Waals surface area contributed by atoms with Gasteiger partial charge in [0.1, 0.15) is 16.7 Å². The molecule has 0 aliphatic carbocycles. The summed E-state index contributed by atoms with van der Waals surface area (Å²) < 4.78 is 5.30. The maximum absolute atomic E-state index is 8.75. The van der Waals surface area contributed by atoms with Gasteiger partial charge in [0.2, 0.25) is 0 Å². The first-order valence-electron chi connectivity index (χ1n) is 6.02. The zero-order chi connectivity index (χ0) is 12.8. The third-order valence-corrected chi connectivity index (χ3v) is 3.79. The highest BCUT2D eigenvalue weighted by Gasteiger charge is 2.05. The molecule has 2 aromatic rings. The first-order chi connectivity index (χ1) is 8.78. The van der Waals surface area contributed by atoms with Crippen molar-refractivity contribution < 1.29 is 4.42 Å². The highest BCUT2D eigenvalue weighted by atomic mass is 32.1. The van der Waals surface area contributed by atoms with Crippen LogP contribution in [0.3, 0.4) is 0 Å². The van der Waals surface area contributed by atoms with Crippen molar-refractivity contribution in [1.82, 2.24) is 5.32 Å². The van der Waals surface area contributed by atoms with Gasteiger partial charge in [0.05, 0.1) is 6.26 Å². The minimum absolute atomic E-state index is 0.433. The van der Waals surface area contributed by atoms with Crippen molar-refractivity contribution in [2.45, 2.75) is 32.4 Å². The van der Waals surface area contributed by atoms with E-state index < -0.39 is 0 Å². The molecule has 2 rings (SSSR count). The van der Waals surface area contributed by atoms with E-state index in [0.717, 1.165) is 30.0 Å². The molecule has 4 heteroatoms. The van der Waals surface area contributed by atoms with E-state index in [9.17, 15) is 0 Å². The number of nitrogens with one attached hydrogen (secondary N) is 1. The summed E-state index contributed by atoms with van der Waals surface area (Å²) in [5, 5.41) is 12.2. The second-order valence-corrected chi connectivity index (χ2v) is 5.45. The molecule has 0 amide bonds. The van der Waals surface area contributed by atoms with Gasteiger partial charge in [-0.2, -0.15) is 5.26 Å². The van der Waals surface area contributed by atoms with E-state index in [1.807, 2.05) is 24.3 Å². The summed E-state index contributed by atoms with van der Waals surface area (Å²) in [7, 11) is 0. The molecule has 0 aromatic carbocycles. The Kier molecular flexibility index (Phi) is 4.57. The molecule has 1 N–H and O–H groups in total. The van der Waals surface area contributed by atoms with Crippen molar-refractivity contribution in [3.8, 4) is 6.07 Å². The standard InChI is InChI=1S/C14H16N2OS/c1-11(4-5-12-3-2-8-17-12)16-10-14-7-6-13(9-15)18-14/h2-3,6-8,11,16H,4-5,10H2,1H3. The Hall–Kier alpha value is -1.57. The lowest BCUT2D eigenvalue weighted by atomic mass is 10.1. The molecule has 0 bridgehead atoms. The fourth-order valence-electron chi connectivity index (χ4n) is 1.72. The van der Waals surface area contributed by atoms with Crippen molar-refractivity contribution in [2.24, 2.45) is 0 Å². The van der Waals surface area contributed by atoms with E-state index in [2.05, 4.69) is 18.3 Å². The molecule has 0 aliphatic heterocycles. The van der Waals surface area contributed by atoms with Crippen LogP contribution in [0.2, 0.25) is 0 Å². The lowest BCUT2D eigenvalue weighted by Crippen LogP contribution is -2.25. The average Bonchev–Trinajstić information content (AvgIpc) is 3.04. The lowest BCUT2D eigenvalue weighted by Gasteiger charge is -2.11. The quantitative estimate of drug-likeness (QED) is 0.866. The summed E-state index contributed by atoms with van der Waals surface area (Å²) in [5.74, 6) is 1.03. The molecule has 3 nitrogen and oxygen atoms in total. The molecule has 0 radical (unpaired) electrons. The molecule has 0 saturated heterocycles. The smallest absolute Gasteiger partial charge is 0.110 e. The molecule has 0 spiro atoms. The van der Waals surface area contributed by atoms with Gasteiger partial charge >= 0.3 is 0 Å². The van der Waals surface area contributed by atoms with Crippen molar-refractivity contribution >= 4 is 11.3 Å². The Balaban J connectivity index is 1.71. The monoisotopic (exact) mass is 260 g/mol. The number of aryl methyl sites for hydroxylation is 1. The zero-order valence-electron chi connectivity index (χ0n) is 10.3. The molecular weight excluding hydrogens is 244 g/mol. The zero-order valence-corrected chi connectivity index (χ0v) is 11.2. The average molecular weight is 260 g/mol. The fourth-order valence-corrected chi connectivity index (χ4v) is 2.48. The van der Waals surface area contributed by atoms with Crippen LogP contribution in [0.15, 0.2) is 34.9 Å². The second-order valence-electron chi connectivity index (χ2n) is 4.28. The Bertz CT molecular complexity index is 510. The van der Waals surface area contributed by atoms with Crippen molar-refractivity contribution in [2.75, 3.05) is 0 Å². The summed E-state index contributed by atoms with van der Waals surface area (Å²) >= 11 is 1.55. The van der Waals surface area contributed by atoms with Gasteiger partial charge in [0, 0.05) is 23.9 Å². The summed E-state index contributed by atoms with van der Waals surface area (Å²) in [5.41, 5.74) is 0. The lowest BCUT2D eigenvalue weighted by molar-refractivity contribution is 0.461. The Morgan fingerprint density at radius 2 is 2.33 bits per heavy atom. The van der Waals surface area contributed by atoms with E-state index in [4.69, 9.17) is 9.68 Å². The molecular formula is C14H16N2OS. The maximum atomic E-state index is 8.75. The number of nitrogens with zero attached hydrogens (tertiary/aromatic N) is 1. The van der Waals surface area contributed by atoms with Crippen molar-refractivity contribution in [3.05, 3.63) is 46.0 Å². The molecule has 2 aromatic heterocycles. The first kappa shape index (κ1) is 12.9. The number of furan rings is 1. The number of thiophene rings is 1. The third-order valence-electron chi connectivity index (χ3n) is 2.80. The van der Waals surface area contributed by atoms with Gasteiger partial charge in [-0.15, -0.1) is 11.3 Å². The van der Waals surface area contributed by atoms with Gasteiger partial charge in [-0.3, -0.25) is 0 Å². The van der Waals surface area contributed by atoms with Gasteiger partial charge in [0.25, 0.3) is 0 Å². The SMILES string of the molecule is CC(CCc1ccco1)NCc1ccc(C#N)s1. The van der Waals surface area contributed by atoms with Crippen LogP contribution in [0.1, 0.15) is 28.9 Å². The molecule has 18 heavy (non-hydrogen) atoms. The molecule has 0 fully saturated rings. The highest BCUT2D eigenvalue weighted by Crippen LogP contribution is 2.15. The first-order valence-corrected chi connectivity index (χ1v) is 6.84. The van der Waals surface area contributed by atoms with E-state index in [1.54, 1.807) is 17.6 Å². The molecule has 2 heterocycles. The van der Waals surface area contributed by atoms with E-state index >= 15 is 0 Å². The van der Waals surface area contributed by atoms with Crippen LogP contribution < -0.4 is 5.32 Å². The van der Waals surface area contributed by atoms with Crippen LogP contribution in [0.25, 0.3) is 0 Å². The van der Waals surface area contributed by atoms with Crippen molar-refractivity contribution in [1.29, 1.82) is 5.26 Å². The predicted octanol–water partition coefficient (Wildman–Crippen LogP) is 3.32. The largest absolute Gasteiger partial charge is 0.469 e. The summed E-state index contributed by atoms with van der Waals surface area (Å²) in [6.45, 7) is 2.99. The van der Waals surface area contributed by atoms with Gasteiger partial charge in [-0.1, -0.05) is 0 Å². The normalized spacial score (nSPS) is 12.2. The third kappa shape index (κ3) is 3.73. The Labute approximate surface area is 111 Å². The van der Waals surface area contributed by atoms with Crippen LogP contribution in [-0.2, 0) is 13.0 Å². The minimum Gasteiger partial charge on any atom is -0.469 e. The van der Waals surface area contributed by atoms with Crippen molar-refractivity contribution in [3.63, 3.8) is 0 Å². The highest BCUT2D eigenvalue weighted by molar-refractivity contribution is 7.12. The molecule has 0 aliphatic rings. The fraction of sp³-hybridized carbons (Fsp3) is 0.357. The van der Waals surface area contributed by atoms with Gasteiger partial charge < -0.3 is 9.73 Å². The van der Waals surface area contributed by atoms with E-state index in [1.165, 1.54) is 4.88 Å². The Morgan fingerprint density at radius 1 is 1.44 bits per heavy atom. The van der Waals surface area contributed by atoms with E-state index in [-0.39, 0.29) is 0 Å². The molecule has 0 saturated carbocycles. The van der Waals surface area contributed by atoms with Gasteiger partial charge in [-0.25, -0.2) is 0 Å². The maximum Gasteiger partial charge on any atom is 0.110 e. The van der Waals surface area contributed by atoms with Crippen LogP contribution >= 0.6 is 11.3 Å². The summed E-state index contributed by atoms with van der Waals surface area (Å²) in [4.78, 5) is 1.98. The van der Waals surface area contributed by atoms with Gasteiger partial charge in [-0.05, 0) is 37.6 Å². The topological polar surface area (TPSA) is 49.0 Å². The van der Waals surface area contributed by atoms with Gasteiger partial charge in [0.15, 0.2) is 0 Å². The number of hydrogen-bond acceptors (Lipinski definition) is 4. The number of nitriles is 1. The van der Waals surface area contributed by atoms with Crippen LogP contribution in [-0.4, -0.2) is 6.04 Å². The Morgan fingerprint density at radius 3 is 3.00 bits per heavy atom. The van der Waals surface area contributed by atoms with Crippen LogP contribution in [0.4, 0.5) is 0 Å². The molecule has 1 unspecified atom stereocenters. The molecule has 1 atom stereocenters. The number of hydrogen-bond donors (Lipinski definition) is 1. The van der Waals surface area contributed by atoms with Crippen LogP contribution in [0.5, 0.6) is 0 Å². The summed E-state index contributed by atoms with van der Waals surface area (Å²) in [6, 6.07) is 10.4. The predicted molar refractivity (Wildman–Crippen MR) is 72.4 cm³/mol. The molecule has 94 valence electrons. The van der Waals surface area contributed by atoms with E-state index in [0.29, 0.717) is 6.04 Å². The number of rotatable bonds is 6. The minimum atomic E-state index is 0.433. The van der Waals surface area contributed by atoms with Crippen LogP contribution in [0, 0.1) is 11.3 Å². The second kappa shape index (κ2) is 6.39. The summed E-state index contributed by atoms with van der Waals surface area (Å²) in [6.07, 6.45) is 3.71.